The van der Waals surface area contributed by atoms with Crippen molar-refractivity contribution in [3.05, 3.63) is 35.1 Å². The van der Waals surface area contributed by atoms with Crippen LogP contribution in [0, 0.1) is 6.92 Å². The number of aliphatic hydroxyl groups is 1. The number of aryl methyl sites for hydroxylation is 2. The lowest BCUT2D eigenvalue weighted by atomic mass is 10.3. The number of rotatable bonds is 7. The van der Waals surface area contributed by atoms with Crippen LogP contribution in [0.3, 0.4) is 0 Å². The van der Waals surface area contributed by atoms with Gasteiger partial charge in [0.1, 0.15) is 15.9 Å². The molecule has 6 nitrogen and oxygen atoms in total. The van der Waals surface area contributed by atoms with Crippen molar-refractivity contribution >= 4 is 27.0 Å². The number of nitrogens with zero attached hydrogens (tertiary/aromatic N) is 2. The van der Waals surface area contributed by atoms with E-state index in [0.29, 0.717) is 11.6 Å². The number of hydrogen-bond acceptors (Lipinski definition) is 7. The molecule has 0 aliphatic carbocycles. The third kappa shape index (κ3) is 4.49. The van der Waals surface area contributed by atoms with Crippen molar-refractivity contribution in [1.29, 1.82) is 0 Å². The van der Waals surface area contributed by atoms with Gasteiger partial charge in [-0.2, -0.15) is 0 Å². The molecule has 2 heterocycles. The van der Waals surface area contributed by atoms with Crippen LogP contribution in [0.1, 0.15) is 18.4 Å². The maximum atomic E-state index is 12.1. The summed E-state index contributed by atoms with van der Waals surface area (Å²) >= 11 is 1.15. The molecular weight excluding hydrogens is 322 g/mol. The van der Waals surface area contributed by atoms with E-state index in [9.17, 15) is 13.5 Å². The summed E-state index contributed by atoms with van der Waals surface area (Å²) in [5.74, 6) is 0.921. The fraction of sp³-hybridized carbons (Fsp3) is 0.429. The van der Waals surface area contributed by atoms with Gasteiger partial charge in [-0.3, -0.25) is 0 Å². The highest BCUT2D eigenvalue weighted by Gasteiger charge is 2.20. The second-order valence-electron chi connectivity index (χ2n) is 4.89. The minimum absolute atomic E-state index is 0.115. The third-order valence-electron chi connectivity index (χ3n) is 2.99. The fourth-order valence-corrected chi connectivity index (χ4v) is 4.44. The van der Waals surface area contributed by atoms with Crippen LogP contribution in [0.15, 0.2) is 27.8 Å². The number of aromatic nitrogens is 2. The van der Waals surface area contributed by atoms with Gasteiger partial charge in [-0.15, -0.1) is 11.3 Å². The Labute approximate surface area is 134 Å². The van der Waals surface area contributed by atoms with Gasteiger partial charge in [-0.25, -0.2) is 18.4 Å². The van der Waals surface area contributed by atoms with Crippen molar-refractivity contribution in [3.8, 4) is 0 Å². The normalized spacial score (nSPS) is 13.0. The van der Waals surface area contributed by atoms with Crippen LogP contribution in [0.5, 0.6) is 0 Å². The minimum atomic E-state index is -3.45. The highest BCUT2D eigenvalue weighted by atomic mass is 32.2. The molecule has 0 amide bonds. The van der Waals surface area contributed by atoms with Crippen LogP contribution in [-0.4, -0.2) is 41.9 Å². The molecule has 0 aromatic carbocycles. The van der Waals surface area contributed by atoms with Crippen LogP contribution in [0.2, 0.25) is 0 Å². The number of thiophene rings is 1. The Bertz CT molecular complexity index is 715. The predicted molar refractivity (Wildman–Crippen MR) is 87.0 cm³/mol. The minimum Gasteiger partial charge on any atom is -0.390 e. The Morgan fingerprint density at radius 3 is 2.82 bits per heavy atom. The van der Waals surface area contributed by atoms with Gasteiger partial charge in [0.15, 0.2) is 9.84 Å². The summed E-state index contributed by atoms with van der Waals surface area (Å²) in [6.45, 7) is 3.90. The number of sulfone groups is 1. The molecular formula is C14H19N3O3S2. The fourth-order valence-electron chi connectivity index (χ4n) is 1.96. The molecule has 0 aliphatic rings. The second kappa shape index (κ2) is 7.17. The molecule has 2 N–H and O–H groups in total. The smallest absolute Gasteiger partial charge is 0.190 e. The Balaban J connectivity index is 1.96. The van der Waals surface area contributed by atoms with Crippen LogP contribution in [0.4, 0.5) is 5.82 Å². The average Bonchev–Trinajstić information content (AvgIpc) is 2.99. The second-order valence-corrected chi connectivity index (χ2v) is 8.10. The van der Waals surface area contributed by atoms with Crippen molar-refractivity contribution in [1.82, 2.24) is 9.97 Å². The summed E-state index contributed by atoms with van der Waals surface area (Å²) in [6, 6.07) is 5.02. The highest BCUT2D eigenvalue weighted by molar-refractivity contribution is 7.93. The Morgan fingerprint density at radius 1 is 1.41 bits per heavy atom. The van der Waals surface area contributed by atoms with E-state index in [1.165, 1.54) is 0 Å². The van der Waals surface area contributed by atoms with Crippen molar-refractivity contribution in [3.63, 3.8) is 0 Å². The molecule has 0 saturated heterocycles. The van der Waals surface area contributed by atoms with E-state index < -0.39 is 15.9 Å². The SMILES string of the molecule is CCc1cc(NCC(O)CS(=O)(=O)c2cccs2)nc(C)n1. The van der Waals surface area contributed by atoms with Crippen molar-refractivity contribution in [2.24, 2.45) is 0 Å². The van der Waals surface area contributed by atoms with Gasteiger partial charge >= 0.3 is 0 Å². The molecule has 8 heteroatoms. The zero-order valence-electron chi connectivity index (χ0n) is 12.5. The molecule has 0 saturated carbocycles. The Hall–Kier alpha value is -1.51. The molecule has 0 fully saturated rings. The van der Waals surface area contributed by atoms with Gasteiger partial charge in [0.05, 0.1) is 11.9 Å². The summed E-state index contributed by atoms with van der Waals surface area (Å²) in [5.41, 5.74) is 0.899. The molecule has 1 atom stereocenters. The van der Waals surface area contributed by atoms with Gasteiger partial charge in [-0.1, -0.05) is 13.0 Å². The van der Waals surface area contributed by atoms with Crippen molar-refractivity contribution in [2.45, 2.75) is 30.6 Å². The number of nitrogens with one attached hydrogen (secondary N) is 1. The molecule has 2 aromatic rings. The van der Waals surface area contributed by atoms with E-state index in [1.807, 2.05) is 6.92 Å². The molecule has 0 spiro atoms. The number of anilines is 1. The van der Waals surface area contributed by atoms with Gasteiger partial charge in [0, 0.05) is 18.3 Å². The maximum Gasteiger partial charge on any atom is 0.190 e. The van der Waals surface area contributed by atoms with Gasteiger partial charge < -0.3 is 10.4 Å². The summed E-state index contributed by atoms with van der Waals surface area (Å²) in [5, 5.41) is 14.6. The van der Waals surface area contributed by atoms with E-state index in [-0.39, 0.29) is 16.5 Å². The molecule has 120 valence electrons. The van der Waals surface area contributed by atoms with Crippen molar-refractivity contribution in [2.75, 3.05) is 17.6 Å². The van der Waals surface area contributed by atoms with Crippen LogP contribution in [-0.2, 0) is 16.3 Å². The number of aliphatic hydroxyl groups excluding tert-OH is 1. The monoisotopic (exact) mass is 341 g/mol. The summed E-state index contributed by atoms with van der Waals surface area (Å²) in [4.78, 5) is 8.48. The first kappa shape index (κ1) is 16.9. The molecule has 2 aromatic heterocycles. The van der Waals surface area contributed by atoms with Crippen molar-refractivity contribution < 1.29 is 13.5 Å². The zero-order valence-corrected chi connectivity index (χ0v) is 14.1. The molecule has 0 aliphatic heterocycles. The topological polar surface area (TPSA) is 92.2 Å². The summed E-state index contributed by atoms with van der Waals surface area (Å²) < 4.78 is 24.4. The van der Waals surface area contributed by atoms with E-state index in [0.717, 1.165) is 23.5 Å². The van der Waals surface area contributed by atoms with Gasteiger partial charge in [0.25, 0.3) is 0 Å². The molecule has 0 radical (unpaired) electrons. The number of hydrogen-bond donors (Lipinski definition) is 2. The first-order valence-corrected chi connectivity index (χ1v) is 9.46. The lowest BCUT2D eigenvalue weighted by Gasteiger charge is -2.13. The quantitative estimate of drug-likeness (QED) is 0.796. The van der Waals surface area contributed by atoms with Crippen LogP contribution in [0.25, 0.3) is 0 Å². The first-order chi connectivity index (χ1) is 10.4. The lowest BCUT2D eigenvalue weighted by molar-refractivity contribution is 0.210. The Kier molecular flexibility index (Phi) is 5.49. The summed E-state index contributed by atoms with van der Waals surface area (Å²) in [6.07, 6.45) is -0.222. The molecule has 2 rings (SSSR count). The molecule has 1 unspecified atom stereocenters. The maximum absolute atomic E-state index is 12.1. The highest BCUT2D eigenvalue weighted by Crippen LogP contribution is 2.18. The van der Waals surface area contributed by atoms with E-state index in [2.05, 4.69) is 15.3 Å². The molecule has 22 heavy (non-hydrogen) atoms. The van der Waals surface area contributed by atoms with E-state index in [4.69, 9.17) is 0 Å². The van der Waals surface area contributed by atoms with E-state index in [1.54, 1.807) is 30.5 Å². The predicted octanol–water partition coefficient (Wildman–Crippen LogP) is 1.66. The van der Waals surface area contributed by atoms with Gasteiger partial charge in [-0.05, 0) is 24.8 Å². The molecule has 0 bridgehead atoms. The van der Waals surface area contributed by atoms with E-state index >= 15 is 0 Å². The average molecular weight is 341 g/mol. The third-order valence-corrected chi connectivity index (χ3v) is 6.27. The summed E-state index contributed by atoms with van der Waals surface area (Å²) in [7, 11) is -3.45. The van der Waals surface area contributed by atoms with Gasteiger partial charge in [0.2, 0.25) is 0 Å². The largest absolute Gasteiger partial charge is 0.390 e. The van der Waals surface area contributed by atoms with Crippen LogP contribution >= 0.6 is 11.3 Å². The lowest BCUT2D eigenvalue weighted by Crippen LogP contribution is -2.28. The first-order valence-electron chi connectivity index (χ1n) is 6.93. The standard InChI is InChI=1S/C14H19N3O3S2/c1-3-11-7-13(17-10(2)16-11)15-8-12(18)9-22(19,20)14-5-4-6-21-14/h4-7,12,18H,3,8-9H2,1-2H3,(H,15,16,17). The Morgan fingerprint density at radius 2 is 2.18 bits per heavy atom. The zero-order chi connectivity index (χ0) is 16.2. The van der Waals surface area contributed by atoms with Crippen LogP contribution < -0.4 is 5.32 Å².